The Balaban J connectivity index is 2.16. The van der Waals surface area contributed by atoms with Crippen molar-refractivity contribution in [3.63, 3.8) is 0 Å². The summed E-state index contributed by atoms with van der Waals surface area (Å²) in [5, 5.41) is 3.31. The van der Waals surface area contributed by atoms with Crippen LogP contribution < -0.4 is 5.32 Å². The largest absolute Gasteiger partial charge is 0.361 e. The molecule has 1 aromatic carbocycles. The molecule has 3 rings (SSSR count). The number of rotatable bonds is 1. The van der Waals surface area contributed by atoms with E-state index in [1.165, 1.54) is 0 Å². The SMILES string of the molecule is O=C1NC(=O)C(c2c[nH]c3ccccc23)C1Br. The molecule has 2 unspecified atom stereocenters. The van der Waals surface area contributed by atoms with E-state index in [1.807, 2.05) is 24.3 Å². The highest BCUT2D eigenvalue weighted by Gasteiger charge is 2.41. The van der Waals surface area contributed by atoms with Crippen LogP contribution in [0.5, 0.6) is 0 Å². The number of amides is 2. The normalized spacial score (nSPS) is 24.3. The van der Waals surface area contributed by atoms with Gasteiger partial charge in [-0.05, 0) is 11.6 Å². The molecular formula is C12H9BrN2O2. The summed E-state index contributed by atoms with van der Waals surface area (Å²) in [4.78, 5) is 25.8. The Labute approximate surface area is 106 Å². The number of aromatic amines is 1. The fraction of sp³-hybridized carbons (Fsp3) is 0.167. The van der Waals surface area contributed by atoms with Crippen molar-refractivity contribution in [1.82, 2.24) is 10.3 Å². The van der Waals surface area contributed by atoms with Crippen molar-refractivity contribution < 1.29 is 9.59 Å². The molecular weight excluding hydrogens is 284 g/mol. The molecule has 1 fully saturated rings. The summed E-state index contributed by atoms with van der Waals surface area (Å²) in [6.07, 6.45) is 1.79. The second-order valence-electron chi connectivity index (χ2n) is 4.02. The third-order valence-corrected chi connectivity index (χ3v) is 3.97. The van der Waals surface area contributed by atoms with E-state index in [1.54, 1.807) is 6.20 Å². The molecule has 1 saturated heterocycles. The van der Waals surface area contributed by atoms with Gasteiger partial charge in [-0.2, -0.15) is 0 Å². The number of imide groups is 1. The highest BCUT2D eigenvalue weighted by atomic mass is 79.9. The summed E-state index contributed by atoms with van der Waals surface area (Å²) >= 11 is 3.27. The van der Waals surface area contributed by atoms with Gasteiger partial charge in [-0.1, -0.05) is 34.1 Å². The van der Waals surface area contributed by atoms with Crippen molar-refractivity contribution in [3.8, 4) is 0 Å². The first-order valence-electron chi connectivity index (χ1n) is 5.23. The van der Waals surface area contributed by atoms with E-state index in [0.717, 1.165) is 16.5 Å². The molecule has 86 valence electrons. The number of benzene rings is 1. The Morgan fingerprint density at radius 2 is 1.88 bits per heavy atom. The number of hydrogen-bond acceptors (Lipinski definition) is 2. The minimum atomic E-state index is -0.491. The van der Waals surface area contributed by atoms with Crippen LogP contribution in [0.3, 0.4) is 0 Å². The van der Waals surface area contributed by atoms with Crippen LogP contribution in [-0.4, -0.2) is 21.6 Å². The first-order chi connectivity index (χ1) is 8.18. The lowest BCUT2D eigenvalue weighted by molar-refractivity contribution is -0.125. The molecule has 1 aromatic heterocycles. The van der Waals surface area contributed by atoms with Crippen molar-refractivity contribution in [2.24, 2.45) is 0 Å². The van der Waals surface area contributed by atoms with Crippen molar-refractivity contribution in [1.29, 1.82) is 0 Å². The Kier molecular flexibility index (Phi) is 2.29. The lowest BCUT2D eigenvalue weighted by Crippen LogP contribution is -2.22. The minimum absolute atomic E-state index is 0.248. The number of alkyl halides is 1. The Morgan fingerprint density at radius 1 is 1.12 bits per heavy atom. The summed E-state index contributed by atoms with van der Waals surface area (Å²) in [5.74, 6) is -0.981. The van der Waals surface area contributed by atoms with Gasteiger partial charge >= 0.3 is 0 Å². The van der Waals surface area contributed by atoms with Gasteiger partial charge in [0, 0.05) is 17.1 Å². The van der Waals surface area contributed by atoms with E-state index < -0.39 is 10.7 Å². The molecule has 0 bridgehead atoms. The Bertz CT molecular complexity index is 620. The van der Waals surface area contributed by atoms with Gasteiger partial charge in [0.2, 0.25) is 11.8 Å². The predicted octanol–water partition coefficient (Wildman–Crippen LogP) is 1.67. The van der Waals surface area contributed by atoms with E-state index in [9.17, 15) is 9.59 Å². The topological polar surface area (TPSA) is 62.0 Å². The smallest absolute Gasteiger partial charge is 0.241 e. The van der Waals surface area contributed by atoms with Gasteiger partial charge in [-0.15, -0.1) is 0 Å². The third-order valence-electron chi connectivity index (χ3n) is 3.03. The molecule has 0 aliphatic carbocycles. The molecule has 1 aliphatic heterocycles. The summed E-state index contributed by atoms with van der Waals surface area (Å²) in [6, 6.07) is 7.72. The van der Waals surface area contributed by atoms with Gasteiger partial charge in [-0.25, -0.2) is 0 Å². The molecule has 1 aliphatic rings. The number of hydrogen-bond donors (Lipinski definition) is 2. The molecule has 2 aromatic rings. The number of carbonyl (C=O) groups excluding carboxylic acids is 2. The zero-order valence-corrected chi connectivity index (χ0v) is 10.3. The number of H-pyrrole nitrogens is 1. The van der Waals surface area contributed by atoms with Crippen molar-refractivity contribution >= 4 is 38.6 Å². The van der Waals surface area contributed by atoms with Crippen LogP contribution in [-0.2, 0) is 9.59 Å². The standard InChI is InChI=1S/C12H9BrN2O2/c13-10-9(11(16)15-12(10)17)7-5-14-8-4-2-1-3-6(7)8/h1-5,9-10,14H,(H,15,16,17). The predicted molar refractivity (Wildman–Crippen MR) is 66.9 cm³/mol. The number of carbonyl (C=O) groups is 2. The number of fused-ring (bicyclic) bond motifs is 1. The van der Waals surface area contributed by atoms with Crippen LogP contribution in [0.25, 0.3) is 10.9 Å². The van der Waals surface area contributed by atoms with Gasteiger partial charge in [0.05, 0.1) is 5.92 Å². The number of para-hydroxylation sites is 1. The van der Waals surface area contributed by atoms with Crippen molar-refractivity contribution in [2.45, 2.75) is 10.7 Å². The average Bonchev–Trinajstić information content (AvgIpc) is 2.82. The summed E-state index contributed by atoms with van der Waals surface area (Å²) < 4.78 is 0. The van der Waals surface area contributed by atoms with E-state index in [0.29, 0.717) is 0 Å². The lowest BCUT2D eigenvalue weighted by atomic mass is 9.97. The maximum atomic E-state index is 11.8. The summed E-state index contributed by atoms with van der Waals surface area (Å²) in [7, 11) is 0. The minimum Gasteiger partial charge on any atom is -0.361 e. The molecule has 2 heterocycles. The molecule has 2 atom stereocenters. The van der Waals surface area contributed by atoms with Crippen LogP contribution in [0.15, 0.2) is 30.5 Å². The van der Waals surface area contributed by atoms with Crippen molar-refractivity contribution in [2.75, 3.05) is 0 Å². The molecule has 4 nitrogen and oxygen atoms in total. The average molecular weight is 293 g/mol. The highest BCUT2D eigenvalue weighted by molar-refractivity contribution is 9.10. The molecule has 2 N–H and O–H groups in total. The molecule has 2 amide bonds. The number of halogens is 1. The van der Waals surface area contributed by atoms with E-state index in [2.05, 4.69) is 26.2 Å². The molecule has 0 radical (unpaired) electrons. The van der Waals surface area contributed by atoms with Crippen LogP contribution in [0.2, 0.25) is 0 Å². The van der Waals surface area contributed by atoms with Gasteiger partial charge < -0.3 is 4.98 Å². The quantitative estimate of drug-likeness (QED) is 0.620. The van der Waals surface area contributed by atoms with Gasteiger partial charge in [0.15, 0.2) is 0 Å². The first kappa shape index (κ1) is 10.5. The maximum absolute atomic E-state index is 11.8. The lowest BCUT2D eigenvalue weighted by Gasteiger charge is -2.08. The molecule has 5 heteroatoms. The zero-order valence-electron chi connectivity index (χ0n) is 8.74. The Morgan fingerprint density at radius 3 is 2.59 bits per heavy atom. The van der Waals surface area contributed by atoms with Crippen LogP contribution >= 0.6 is 15.9 Å². The maximum Gasteiger partial charge on any atom is 0.241 e. The monoisotopic (exact) mass is 292 g/mol. The zero-order chi connectivity index (χ0) is 12.0. The van der Waals surface area contributed by atoms with Crippen LogP contribution in [0, 0.1) is 0 Å². The molecule has 0 spiro atoms. The number of nitrogens with one attached hydrogen (secondary N) is 2. The first-order valence-corrected chi connectivity index (χ1v) is 6.15. The van der Waals surface area contributed by atoms with Gasteiger partial charge in [0.25, 0.3) is 0 Å². The van der Waals surface area contributed by atoms with E-state index in [-0.39, 0.29) is 11.8 Å². The third kappa shape index (κ3) is 1.50. The molecule has 17 heavy (non-hydrogen) atoms. The van der Waals surface area contributed by atoms with E-state index in [4.69, 9.17) is 0 Å². The van der Waals surface area contributed by atoms with E-state index >= 15 is 0 Å². The Hall–Kier alpha value is -1.62. The summed E-state index contributed by atoms with van der Waals surface area (Å²) in [6.45, 7) is 0. The molecule has 0 saturated carbocycles. The summed E-state index contributed by atoms with van der Waals surface area (Å²) in [5.41, 5.74) is 1.82. The fourth-order valence-corrected chi connectivity index (χ4v) is 2.84. The highest BCUT2D eigenvalue weighted by Crippen LogP contribution is 2.34. The van der Waals surface area contributed by atoms with Crippen LogP contribution in [0.4, 0.5) is 0 Å². The second kappa shape index (κ2) is 3.70. The number of aromatic nitrogens is 1. The van der Waals surface area contributed by atoms with Gasteiger partial charge in [-0.3, -0.25) is 14.9 Å². The van der Waals surface area contributed by atoms with Gasteiger partial charge in [0.1, 0.15) is 4.83 Å². The van der Waals surface area contributed by atoms with Crippen molar-refractivity contribution in [3.05, 3.63) is 36.0 Å². The second-order valence-corrected chi connectivity index (χ2v) is 5.01. The van der Waals surface area contributed by atoms with Crippen LogP contribution in [0.1, 0.15) is 11.5 Å². The fourth-order valence-electron chi connectivity index (χ4n) is 2.20.